The Balaban J connectivity index is 1.85. The molecule has 0 aliphatic rings. The third-order valence-electron chi connectivity index (χ3n) is 3.58. The number of aryl methyl sites for hydroxylation is 3. The normalized spacial score (nSPS) is 11.0. The van der Waals surface area contributed by atoms with Gasteiger partial charge in [0.25, 0.3) is 5.56 Å². The molecule has 0 saturated carbocycles. The average molecular weight is 347 g/mol. The highest BCUT2D eigenvalue weighted by atomic mass is 35.5. The third kappa shape index (κ3) is 2.90. The minimum atomic E-state index is -0.600. The number of rotatable bonds is 3. The zero-order chi connectivity index (χ0) is 17.4. The molecule has 7 nitrogen and oxygen atoms in total. The standard InChI is InChI=1S/C16H15ClN4O3/c1-9-4-5-21-12(6-9)18-11(7-13(21)22)8-24-16(23)14-10(2)19-20(3)15(14)17/h4-7H,8H2,1-3H3. The minimum absolute atomic E-state index is 0.122. The van der Waals surface area contributed by atoms with Crippen LogP contribution in [0.25, 0.3) is 5.65 Å². The van der Waals surface area contributed by atoms with Crippen LogP contribution in [0.15, 0.2) is 29.2 Å². The molecule has 0 atom stereocenters. The van der Waals surface area contributed by atoms with Gasteiger partial charge in [0.1, 0.15) is 23.0 Å². The Bertz CT molecular complexity index is 1010. The van der Waals surface area contributed by atoms with E-state index in [9.17, 15) is 9.59 Å². The highest BCUT2D eigenvalue weighted by Gasteiger charge is 2.20. The zero-order valence-corrected chi connectivity index (χ0v) is 14.2. The molecule has 0 radical (unpaired) electrons. The van der Waals surface area contributed by atoms with Crippen LogP contribution < -0.4 is 5.56 Å². The van der Waals surface area contributed by atoms with Crippen LogP contribution in [0.1, 0.15) is 27.3 Å². The lowest BCUT2D eigenvalue weighted by molar-refractivity contribution is 0.0467. The molecule has 3 aromatic rings. The van der Waals surface area contributed by atoms with Gasteiger partial charge in [-0.25, -0.2) is 9.78 Å². The van der Waals surface area contributed by atoms with Gasteiger partial charge in [-0.1, -0.05) is 11.6 Å². The van der Waals surface area contributed by atoms with Gasteiger partial charge in [0.05, 0.1) is 11.4 Å². The number of aromatic nitrogens is 4. The van der Waals surface area contributed by atoms with Gasteiger partial charge in [0.2, 0.25) is 0 Å². The fraction of sp³-hybridized carbons (Fsp3) is 0.250. The highest BCUT2D eigenvalue weighted by molar-refractivity contribution is 6.32. The van der Waals surface area contributed by atoms with Gasteiger partial charge in [-0.15, -0.1) is 0 Å². The number of pyridine rings is 1. The lowest BCUT2D eigenvalue weighted by Crippen LogP contribution is -2.16. The van der Waals surface area contributed by atoms with E-state index in [4.69, 9.17) is 16.3 Å². The quantitative estimate of drug-likeness (QED) is 0.678. The Labute approximate surface area is 142 Å². The molecule has 124 valence electrons. The third-order valence-corrected chi connectivity index (χ3v) is 4.02. The summed E-state index contributed by atoms with van der Waals surface area (Å²) >= 11 is 6.04. The van der Waals surface area contributed by atoms with E-state index >= 15 is 0 Å². The largest absolute Gasteiger partial charge is 0.455 e. The van der Waals surface area contributed by atoms with Crippen LogP contribution in [0, 0.1) is 13.8 Å². The molecule has 0 aliphatic heterocycles. The van der Waals surface area contributed by atoms with Crippen LogP contribution in [-0.4, -0.2) is 25.1 Å². The number of halogens is 1. The molecule has 8 heteroatoms. The van der Waals surface area contributed by atoms with E-state index in [0.29, 0.717) is 17.0 Å². The zero-order valence-electron chi connectivity index (χ0n) is 13.4. The van der Waals surface area contributed by atoms with Gasteiger partial charge in [0.15, 0.2) is 0 Å². The summed E-state index contributed by atoms with van der Waals surface area (Å²) in [5.74, 6) is -0.600. The summed E-state index contributed by atoms with van der Waals surface area (Å²) < 4.78 is 8.07. The number of fused-ring (bicyclic) bond motifs is 1. The molecular formula is C16H15ClN4O3. The second kappa shape index (κ2) is 6.09. The van der Waals surface area contributed by atoms with Gasteiger partial charge in [0, 0.05) is 19.3 Å². The lowest BCUT2D eigenvalue weighted by atomic mass is 10.2. The predicted molar refractivity (Wildman–Crippen MR) is 88.3 cm³/mol. The Morgan fingerprint density at radius 1 is 1.33 bits per heavy atom. The maximum atomic E-state index is 12.2. The lowest BCUT2D eigenvalue weighted by Gasteiger charge is -2.06. The summed E-state index contributed by atoms with van der Waals surface area (Å²) in [6.45, 7) is 3.46. The van der Waals surface area contributed by atoms with E-state index in [1.807, 2.05) is 13.0 Å². The molecule has 3 aromatic heterocycles. The first-order chi connectivity index (χ1) is 11.4. The first kappa shape index (κ1) is 16.2. The van der Waals surface area contributed by atoms with Crippen molar-refractivity contribution in [2.75, 3.05) is 0 Å². The SMILES string of the molecule is Cc1ccn2c(=O)cc(COC(=O)c3c(C)nn(C)c3Cl)nc2c1. The molecule has 0 aliphatic carbocycles. The number of ether oxygens (including phenoxy) is 1. The van der Waals surface area contributed by atoms with Crippen molar-refractivity contribution in [2.24, 2.45) is 7.05 Å². The molecule has 0 unspecified atom stereocenters. The number of nitrogens with zero attached hydrogens (tertiary/aromatic N) is 4. The molecule has 0 aromatic carbocycles. The van der Waals surface area contributed by atoms with Crippen LogP contribution in [0.4, 0.5) is 0 Å². The molecule has 0 N–H and O–H groups in total. The fourth-order valence-corrected chi connectivity index (χ4v) is 2.65. The van der Waals surface area contributed by atoms with Crippen molar-refractivity contribution in [3.05, 3.63) is 62.4 Å². The second-order valence-corrected chi connectivity index (χ2v) is 5.83. The number of carbonyl (C=O) groups is 1. The van der Waals surface area contributed by atoms with E-state index in [0.717, 1.165) is 5.56 Å². The topological polar surface area (TPSA) is 78.5 Å². The van der Waals surface area contributed by atoms with Crippen molar-refractivity contribution < 1.29 is 9.53 Å². The van der Waals surface area contributed by atoms with Crippen molar-refractivity contribution in [3.63, 3.8) is 0 Å². The van der Waals surface area contributed by atoms with Crippen molar-refractivity contribution in [2.45, 2.75) is 20.5 Å². The second-order valence-electron chi connectivity index (χ2n) is 5.47. The van der Waals surface area contributed by atoms with Gasteiger partial charge in [-0.2, -0.15) is 5.10 Å². The van der Waals surface area contributed by atoms with Crippen LogP contribution in [0.2, 0.25) is 5.15 Å². The molecule has 0 spiro atoms. The van der Waals surface area contributed by atoms with Gasteiger partial charge in [-0.3, -0.25) is 13.9 Å². The predicted octanol–water partition coefficient (Wildman–Crippen LogP) is 2.06. The van der Waals surface area contributed by atoms with Crippen molar-refractivity contribution in [3.8, 4) is 0 Å². The Morgan fingerprint density at radius 3 is 2.75 bits per heavy atom. The average Bonchev–Trinajstić information content (AvgIpc) is 2.77. The van der Waals surface area contributed by atoms with Gasteiger partial charge < -0.3 is 4.74 Å². The van der Waals surface area contributed by atoms with Crippen molar-refractivity contribution in [1.82, 2.24) is 19.2 Å². The number of hydrogen-bond donors (Lipinski definition) is 0. The molecule has 0 bridgehead atoms. The summed E-state index contributed by atoms with van der Waals surface area (Å²) in [6, 6.07) is 4.95. The van der Waals surface area contributed by atoms with Crippen molar-refractivity contribution >= 4 is 23.2 Å². The smallest absolute Gasteiger partial charge is 0.343 e. The number of carbonyl (C=O) groups excluding carboxylic acids is 1. The molecule has 3 heterocycles. The minimum Gasteiger partial charge on any atom is -0.455 e. The first-order valence-electron chi connectivity index (χ1n) is 7.22. The molecular weight excluding hydrogens is 332 g/mol. The monoisotopic (exact) mass is 346 g/mol. The van der Waals surface area contributed by atoms with E-state index in [-0.39, 0.29) is 22.9 Å². The van der Waals surface area contributed by atoms with Crippen LogP contribution in [-0.2, 0) is 18.4 Å². The van der Waals surface area contributed by atoms with Gasteiger partial charge in [-0.05, 0) is 31.5 Å². The molecule has 3 rings (SSSR count). The van der Waals surface area contributed by atoms with Crippen LogP contribution >= 0.6 is 11.6 Å². The van der Waals surface area contributed by atoms with Crippen molar-refractivity contribution in [1.29, 1.82) is 0 Å². The maximum Gasteiger partial charge on any atom is 0.343 e. The molecule has 0 amide bonds. The van der Waals surface area contributed by atoms with Crippen LogP contribution in [0.5, 0.6) is 0 Å². The van der Waals surface area contributed by atoms with E-state index in [2.05, 4.69) is 10.1 Å². The molecule has 0 fully saturated rings. The summed E-state index contributed by atoms with van der Waals surface area (Å²) in [5.41, 5.74) is 2.32. The van der Waals surface area contributed by atoms with E-state index < -0.39 is 5.97 Å². The van der Waals surface area contributed by atoms with E-state index in [1.54, 1.807) is 26.2 Å². The van der Waals surface area contributed by atoms with E-state index in [1.165, 1.54) is 15.1 Å². The Morgan fingerprint density at radius 2 is 2.08 bits per heavy atom. The molecule has 0 saturated heterocycles. The number of esters is 1. The summed E-state index contributed by atoms with van der Waals surface area (Å²) in [4.78, 5) is 28.6. The summed E-state index contributed by atoms with van der Waals surface area (Å²) in [6.07, 6.45) is 1.66. The Hall–Kier alpha value is -2.67. The van der Waals surface area contributed by atoms with Gasteiger partial charge >= 0.3 is 5.97 Å². The summed E-state index contributed by atoms with van der Waals surface area (Å²) in [5, 5.41) is 4.27. The fourth-order valence-electron chi connectivity index (χ4n) is 2.40. The first-order valence-corrected chi connectivity index (χ1v) is 7.60. The highest BCUT2D eigenvalue weighted by Crippen LogP contribution is 2.20. The maximum absolute atomic E-state index is 12.2. The summed E-state index contributed by atoms with van der Waals surface area (Å²) in [7, 11) is 1.64. The Kier molecular flexibility index (Phi) is 4.11. The molecule has 24 heavy (non-hydrogen) atoms. The number of hydrogen-bond acceptors (Lipinski definition) is 5. The van der Waals surface area contributed by atoms with Crippen LogP contribution in [0.3, 0.4) is 0 Å².